The first-order chi connectivity index (χ1) is 10.7. The number of rotatable bonds is 2. The van der Waals surface area contributed by atoms with Crippen LogP contribution < -0.4 is 0 Å². The van der Waals surface area contributed by atoms with Crippen molar-refractivity contribution in [3.05, 3.63) is 23.8 Å². The van der Waals surface area contributed by atoms with Crippen LogP contribution in [0.1, 0.15) is 59.3 Å². The predicted molar refractivity (Wildman–Crippen MR) is 90.9 cm³/mol. The molecule has 0 spiro atoms. The van der Waals surface area contributed by atoms with E-state index in [1.165, 1.54) is 5.57 Å². The van der Waals surface area contributed by atoms with Crippen molar-refractivity contribution >= 4 is 5.97 Å². The number of aliphatic hydroxyl groups is 1. The number of carboxylic acids is 1. The van der Waals surface area contributed by atoms with Crippen LogP contribution in [0.15, 0.2) is 23.8 Å². The van der Waals surface area contributed by atoms with Crippen molar-refractivity contribution in [1.29, 1.82) is 0 Å². The van der Waals surface area contributed by atoms with Crippen LogP contribution in [0.5, 0.6) is 0 Å². The molecule has 0 unspecified atom stereocenters. The van der Waals surface area contributed by atoms with E-state index in [0.29, 0.717) is 17.4 Å². The Balaban J connectivity index is 1.87. The van der Waals surface area contributed by atoms with E-state index >= 15 is 0 Å². The van der Waals surface area contributed by atoms with E-state index in [1.807, 2.05) is 0 Å². The zero-order chi connectivity index (χ0) is 17.0. The van der Waals surface area contributed by atoms with E-state index in [1.54, 1.807) is 0 Å². The van der Waals surface area contributed by atoms with Crippen molar-refractivity contribution < 1.29 is 15.0 Å². The van der Waals surface area contributed by atoms with E-state index in [9.17, 15) is 15.0 Å². The summed E-state index contributed by atoms with van der Waals surface area (Å²) in [6, 6.07) is 0. The fourth-order valence-electron chi connectivity index (χ4n) is 5.87. The highest BCUT2D eigenvalue weighted by atomic mass is 16.4. The molecule has 0 aliphatic heterocycles. The van der Waals surface area contributed by atoms with Crippen LogP contribution in [0.3, 0.4) is 0 Å². The molecule has 0 heterocycles. The molecule has 2 N–H and O–H groups in total. The summed E-state index contributed by atoms with van der Waals surface area (Å²) in [7, 11) is 0. The van der Waals surface area contributed by atoms with Crippen molar-refractivity contribution in [2.75, 3.05) is 0 Å². The highest BCUT2D eigenvalue weighted by Crippen LogP contribution is 2.62. The maximum atomic E-state index is 11.2. The van der Waals surface area contributed by atoms with Crippen LogP contribution in [-0.2, 0) is 4.79 Å². The Kier molecular flexibility index (Phi) is 3.99. The van der Waals surface area contributed by atoms with Gasteiger partial charge < -0.3 is 10.2 Å². The molecule has 0 amide bonds. The molecule has 2 saturated carbocycles. The molecule has 0 aromatic heterocycles. The van der Waals surface area contributed by atoms with Crippen molar-refractivity contribution in [2.24, 2.45) is 28.6 Å². The Morgan fingerprint density at radius 1 is 1.26 bits per heavy atom. The maximum Gasteiger partial charge on any atom is 0.331 e. The maximum absolute atomic E-state index is 11.2. The van der Waals surface area contributed by atoms with Gasteiger partial charge in [-0.2, -0.15) is 0 Å². The van der Waals surface area contributed by atoms with E-state index in [4.69, 9.17) is 0 Å². The number of hydrogen-bond acceptors (Lipinski definition) is 2. The Morgan fingerprint density at radius 3 is 2.61 bits per heavy atom. The lowest BCUT2D eigenvalue weighted by Gasteiger charge is -2.59. The van der Waals surface area contributed by atoms with Crippen LogP contribution >= 0.6 is 0 Å². The fourth-order valence-corrected chi connectivity index (χ4v) is 5.87. The zero-order valence-corrected chi connectivity index (χ0v) is 14.6. The van der Waals surface area contributed by atoms with Gasteiger partial charge in [0.2, 0.25) is 0 Å². The van der Waals surface area contributed by atoms with Gasteiger partial charge in [-0.15, -0.1) is 0 Å². The summed E-state index contributed by atoms with van der Waals surface area (Å²) in [6.07, 6.45) is 7.97. The summed E-state index contributed by atoms with van der Waals surface area (Å²) in [6.45, 7) is 10.6. The molecular formula is C20H30O3. The summed E-state index contributed by atoms with van der Waals surface area (Å²) < 4.78 is 0. The Hall–Kier alpha value is -1.09. The number of aliphatic carboxylic acids is 1. The van der Waals surface area contributed by atoms with Gasteiger partial charge >= 0.3 is 5.97 Å². The van der Waals surface area contributed by atoms with Crippen LogP contribution in [0, 0.1) is 28.6 Å². The van der Waals surface area contributed by atoms with Crippen LogP contribution in [-0.4, -0.2) is 22.3 Å². The van der Waals surface area contributed by atoms with Gasteiger partial charge in [0.1, 0.15) is 0 Å². The highest BCUT2D eigenvalue weighted by molar-refractivity contribution is 5.86. The second kappa shape index (κ2) is 5.47. The first kappa shape index (κ1) is 16.8. The molecule has 3 rings (SSSR count). The topological polar surface area (TPSA) is 57.5 Å². The number of carboxylic acid groups (broad SMARTS) is 1. The number of hydrogen-bond donors (Lipinski definition) is 2. The lowest BCUT2D eigenvalue weighted by molar-refractivity contribution is -0.133. The summed E-state index contributed by atoms with van der Waals surface area (Å²) in [5.41, 5.74) is 2.02. The monoisotopic (exact) mass is 318 g/mol. The lowest BCUT2D eigenvalue weighted by atomic mass is 9.46. The molecule has 0 bridgehead atoms. The SMILES string of the molecule is C=C(C(=O)O)[C@@H]1CC[C@@H]2C(=CC[C@@H]3C(C)(C)[C@@H](O)CC[C@@]23C)C1. The van der Waals surface area contributed by atoms with Gasteiger partial charge in [-0.3, -0.25) is 0 Å². The first-order valence-corrected chi connectivity index (χ1v) is 8.97. The molecule has 23 heavy (non-hydrogen) atoms. The second-order valence-corrected chi connectivity index (χ2v) is 8.81. The number of allylic oxidation sites excluding steroid dienone is 2. The van der Waals surface area contributed by atoms with E-state index < -0.39 is 5.97 Å². The van der Waals surface area contributed by atoms with Gasteiger partial charge in [0.15, 0.2) is 0 Å². The summed E-state index contributed by atoms with van der Waals surface area (Å²) in [4.78, 5) is 11.2. The largest absolute Gasteiger partial charge is 0.478 e. The molecule has 2 fully saturated rings. The molecule has 3 aliphatic rings. The number of carbonyl (C=O) groups is 1. The third kappa shape index (κ3) is 2.48. The van der Waals surface area contributed by atoms with Crippen molar-refractivity contribution in [1.82, 2.24) is 0 Å². The van der Waals surface area contributed by atoms with Crippen LogP contribution in [0.25, 0.3) is 0 Å². The molecule has 128 valence electrons. The normalized spacial score (nSPS) is 42.2. The van der Waals surface area contributed by atoms with Gasteiger partial charge in [0.25, 0.3) is 0 Å². The minimum Gasteiger partial charge on any atom is -0.478 e. The molecular weight excluding hydrogens is 288 g/mol. The van der Waals surface area contributed by atoms with Crippen molar-refractivity contribution in [2.45, 2.75) is 65.4 Å². The minimum absolute atomic E-state index is 0.0451. The van der Waals surface area contributed by atoms with Gasteiger partial charge in [-0.25, -0.2) is 4.79 Å². The molecule has 3 nitrogen and oxygen atoms in total. The van der Waals surface area contributed by atoms with Crippen molar-refractivity contribution in [3.63, 3.8) is 0 Å². The van der Waals surface area contributed by atoms with Crippen molar-refractivity contribution in [3.8, 4) is 0 Å². The molecule has 0 aromatic rings. The van der Waals surface area contributed by atoms with Gasteiger partial charge in [0.05, 0.1) is 6.10 Å². The van der Waals surface area contributed by atoms with Crippen LogP contribution in [0.4, 0.5) is 0 Å². The van der Waals surface area contributed by atoms with Gasteiger partial charge in [-0.1, -0.05) is 39.0 Å². The number of aliphatic hydroxyl groups excluding tert-OH is 1. The van der Waals surface area contributed by atoms with Crippen LogP contribution in [0.2, 0.25) is 0 Å². The Bertz CT molecular complexity index is 559. The molecule has 5 atom stereocenters. The molecule has 3 aliphatic carbocycles. The van der Waals surface area contributed by atoms with Gasteiger partial charge in [0, 0.05) is 5.57 Å². The quantitative estimate of drug-likeness (QED) is 0.593. The third-order valence-electron chi connectivity index (χ3n) is 7.42. The van der Waals surface area contributed by atoms with Gasteiger partial charge in [-0.05, 0) is 67.1 Å². The second-order valence-electron chi connectivity index (χ2n) is 8.81. The first-order valence-electron chi connectivity index (χ1n) is 8.97. The molecule has 0 radical (unpaired) electrons. The molecule has 3 heteroatoms. The average molecular weight is 318 g/mol. The smallest absolute Gasteiger partial charge is 0.331 e. The highest BCUT2D eigenvalue weighted by Gasteiger charge is 2.56. The Labute approximate surface area is 139 Å². The lowest BCUT2D eigenvalue weighted by Crippen LogP contribution is -2.54. The number of fused-ring (bicyclic) bond motifs is 3. The average Bonchev–Trinajstić information content (AvgIpc) is 2.50. The van der Waals surface area contributed by atoms with E-state index in [0.717, 1.165) is 38.5 Å². The summed E-state index contributed by atoms with van der Waals surface area (Å²) in [5.74, 6) is 0.297. The van der Waals surface area contributed by atoms with E-state index in [-0.39, 0.29) is 22.9 Å². The fraction of sp³-hybridized carbons (Fsp3) is 0.750. The minimum atomic E-state index is -0.851. The molecule has 0 saturated heterocycles. The summed E-state index contributed by atoms with van der Waals surface area (Å²) >= 11 is 0. The predicted octanol–water partition coefficient (Wildman–Crippen LogP) is 4.18. The Morgan fingerprint density at radius 2 is 1.96 bits per heavy atom. The third-order valence-corrected chi connectivity index (χ3v) is 7.42. The van der Waals surface area contributed by atoms with E-state index in [2.05, 4.69) is 33.4 Å². The zero-order valence-electron chi connectivity index (χ0n) is 14.6. The standard InChI is InChI=1S/C20H30O3/c1-12(18(22)23)13-5-7-15-14(11-13)6-8-16-19(2,3)17(21)9-10-20(15,16)4/h6,13,15-17,21H,1,5,7-11H2,2-4H3,(H,22,23)/t13-,15-,16-,17+,20+/m1/s1. The molecule has 0 aromatic carbocycles. The summed E-state index contributed by atoms with van der Waals surface area (Å²) in [5, 5.41) is 19.7.